The van der Waals surface area contributed by atoms with E-state index >= 15 is 0 Å². The molecular formula is C13H14BrFO. The molecule has 16 heavy (non-hydrogen) atoms. The van der Waals surface area contributed by atoms with Gasteiger partial charge in [0, 0.05) is 6.42 Å². The minimum atomic E-state index is -0.425. The van der Waals surface area contributed by atoms with Gasteiger partial charge in [-0.05, 0) is 34.0 Å². The number of hydrogen-bond acceptors (Lipinski definition) is 1. The summed E-state index contributed by atoms with van der Waals surface area (Å²) in [4.78, 5) is 11.9. The van der Waals surface area contributed by atoms with Gasteiger partial charge in [0.25, 0.3) is 0 Å². The van der Waals surface area contributed by atoms with E-state index in [4.69, 9.17) is 0 Å². The zero-order chi connectivity index (χ0) is 11.5. The number of rotatable bonds is 3. The largest absolute Gasteiger partial charge is 0.294 e. The molecule has 86 valence electrons. The quantitative estimate of drug-likeness (QED) is 0.754. The molecule has 0 aromatic heterocycles. The van der Waals surface area contributed by atoms with E-state index in [1.165, 1.54) is 12.8 Å². The van der Waals surface area contributed by atoms with Crippen molar-refractivity contribution in [1.82, 2.24) is 0 Å². The number of Topliss-reactive ketones (excluding diaryl/α,β-unsaturated/α-hetero) is 1. The second kappa shape index (κ2) is 5.09. The van der Waals surface area contributed by atoms with Crippen LogP contribution in [0.1, 0.15) is 42.5 Å². The van der Waals surface area contributed by atoms with E-state index < -0.39 is 5.82 Å². The number of carbonyl (C=O) groups is 1. The third-order valence-electron chi connectivity index (χ3n) is 3.20. The molecule has 1 aliphatic carbocycles. The Morgan fingerprint density at radius 3 is 2.75 bits per heavy atom. The Bertz CT molecular complexity index is 397. The summed E-state index contributed by atoms with van der Waals surface area (Å²) in [5.41, 5.74) is 0.223. The number of benzene rings is 1. The standard InChI is InChI=1S/C13H14BrFO/c14-11-7-3-6-10(13(11)15)12(16)8-9-4-1-2-5-9/h3,6-7,9H,1-2,4-5,8H2. The van der Waals surface area contributed by atoms with Crippen molar-refractivity contribution >= 4 is 21.7 Å². The summed E-state index contributed by atoms with van der Waals surface area (Å²) in [7, 11) is 0. The maximum Gasteiger partial charge on any atom is 0.166 e. The van der Waals surface area contributed by atoms with Gasteiger partial charge in [-0.2, -0.15) is 0 Å². The van der Waals surface area contributed by atoms with E-state index in [1.807, 2.05) is 0 Å². The molecule has 0 radical (unpaired) electrons. The summed E-state index contributed by atoms with van der Waals surface area (Å²) in [5.74, 6) is -0.0259. The highest BCUT2D eigenvalue weighted by molar-refractivity contribution is 9.10. The number of hydrogen-bond donors (Lipinski definition) is 0. The first-order valence-electron chi connectivity index (χ1n) is 5.65. The van der Waals surface area contributed by atoms with Crippen molar-refractivity contribution in [2.45, 2.75) is 32.1 Å². The molecule has 0 unspecified atom stereocenters. The van der Waals surface area contributed by atoms with Gasteiger partial charge in [0.1, 0.15) is 5.82 Å². The van der Waals surface area contributed by atoms with E-state index in [9.17, 15) is 9.18 Å². The Morgan fingerprint density at radius 1 is 1.38 bits per heavy atom. The van der Waals surface area contributed by atoms with Crippen LogP contribution in [-0.4, -0.2) is 5.78 Å². The van der Waals surface area contributed by atoms with Crippen LogP contribution < -0.4 is 0 Å². The van der Waals surface area contributed by atoms with E-state index in [0.717, 1.165) is 12.8 Å². The van der Waals surface area contributed by atoms with Gasteiger partial charge < -0.3 is 0 Å². The highest BCUT2D eigenvalue weighted by Gasteiger charge is 2.21. The molecule has 0 spiro atoms. The summed E-state index contributed by atoms with van der Waals surface area (Å²) in [6, 6.07) is 4.88. The van der Waals surface area contributed by atoms with Crippen molar-refractivity contribution in [3.63, 3.8) is 0 Å². The lowest BCUT2D eigenvalue weighted by molar-refractivity contribution is 0.0958. The molecule has 0 heterocycles. The van der Waals surface area contributed by atoms with E-state index in [1.54, 1.807) is 18.2 Å². The van der Waals surface area contributed by atoms with Crippen LogP contribution in [-0.2, 0) is 0 Å². The Kier molecular flexibility index (Phi) is 3.74. The van der Waals surface area contributed by atoms with Crippen molar-refractivity contribution in [2.75, 3.05) is 0 Å². The van der Waals surface area contributed by atoms with Gasteiger partial charge in [-0.1, -0.05) is 31.7 Å². The molecule has 3 heteroatoms. The fourth-order valence-electron chi connectivity index (χ4n) is 2.31. The molecule has 1 saturated carbocycles. The molecule has 0 amide bonds. The van der Waals surface area contributed by atoms with Gasteiger partial charge in [-0.15, -0.1) is 0 Å². The van der Waals surface area contributed by atoms with Crippen molar-refractivity contribution in [2.24, 2.45) is 5.92 Å². The summed E-state index contributed by atoms with van der Waals surface area (Å²) in [6.45, 7) is 0. The Labute approximate surface area is 103 Å². The van der Waals surface area contributed by atoms with Crippen molar-refractivity contribution in [3.8, 4) is 0 Å². The Hall–Kier alpha value is -0.700. The highest BCUT2D eigenvalue weighted by Crippen LogP contribution is 2.29. The lowest BCUT2D eigenvalue weighted by Crippen LogP contribution is -2.08. The maximum atomic E-state index is 13.7. The van der Waals surface area contributed by atoms with Gasteiger partial charge in [0.05, 0.1) is 10.0 Å². The fourth-order valence-corrected chi connectivity index (χ4v) is 2.67. The second-order valence-electron chi connectivity index (χ2n) is 4.38. The third kappa shape index (κ3) is 2.51. The SMILES string of the molecule is O=C(CC1CCCC1)c1cccc(Br)c1F. The normalized spacial score (nSPS) is 16.6. The predicted octanol–water partition coefficient (Wildman–Crippen LogP) is 4.35. The first-order valence-corrected chi connectivity index (χ1v) is 6.45. The van der Waals surface area contributed by atoms with Gasteiger partial charge >= 0.3 is 0 Å². The summed E-state index contributed by atoms with van der Waals surface area (Å²) < 4.78 is 14.0. The molecule has 0 bridgehead atoms. The fraction of sp³-hybridized carbons (Fsp3) is 0.462. The molecule has 1 aliphatic rings. The monoisotopic (exact) mass is 284 g/mol. The zero-order valence-electron chi connectivity index (χ0n) is 9.01. The van der Waals surface area contributed by atoms with Crippen molar-refractivity contribution in [1.29, 1.82) is 0 Å². The van der Waals surface area contributed by atoms with Gasteiger partial charge in [-0.3, -0.25) is 4.79 Å². The molecule has 1 fully saturated rings. The van der Waals surface area contributed by atoms with Crippen LogP contribution in [0.25, 0.3) is 0 Å². The van der Waals surface area contributed by atoms with Crippen molar-refractivity contribution in [3.05, 3.63) is 34.1 Å². The van der Waals surface area contributed by atoms with Crippen molar-refractivity contribution < 1.29 is 9.18 Å². The molecule has 0 saturated heterocycles. The summed E-state index contributed by atoms with van der Waals surface area (Å²) >= 11 is 3.10. The first-order chi connectivity index (χ1) is 7.68. The van der Waals surface area contributed by atoms with Crippen LogP contribution in [0.2, 0.25) is 0 Å². The Morgan fingerprint density at radius 2 is 2.06 bits per heavy atom. The molecule has 0 atom stereocenters. The lowest BCUT2D eigenvalue weighted by Gasteiger charge is -2.08. The highest BCUT2D eigenvalue weighted by atomic mass is 79.9. The molecule has 1 aromatic carbocycles. The number of ketones is 1. The van der Waals surface area contributed by atoms with E-state index in [2.05, 4.69) is 15.9 Å². The molecule has 1 nitrogen and oxygen atoms in total. The van der Waals surface area contributed by atoms with E-state index in [-0.39, 0.29) is 11.3 Å². The van der Waals surface area contributed by atoms with Crippen LogP contribution in [0.5, 0.6) is 0 Å². The molecular weight excluding hydrogens is 271 g/mol. The molecule has 1 aromatic rings. The van der Waals surface area contributed by atoms with Crippen LogP contribution in [0.15, 0.2) is 22.7 Å². The van der Waals surface area contributed by atoms with E-state index in [0.29, 0.717) is 16.8 Å². The average Bonchev–Trinajstić information content (AvgIpc) is 2.74. The summed E-state index contributed by atoms with van der Waals surface area (Å²) in [6.07, 6.45) is 5.13. The summed E-state index contributed by atoms with van der Waals surface area (Å²) in [5, 5.41) is 0. The van der Waals surface area contributed by atoms with Gasteiger partial charge in [0.2, 0.25) is 0 Å². The predicted molar refractivity (Wildman–Crippen MR) is 65.0 cm³/mol. The zero-order valence-corrected chi connectivity index (χ0v) is 10.6. The topological polar surface area (TPSA) is 17.1 Å². The smallest absolute Gasteiger partial charge is 0.166 e. The van der Waals surface area contributed by atoms with Crippen LogP contribution in [0.4, 0.5) is 4.39 Å². The molecule has 2 rings (SSSR count). The Balaban J connectivity index is 2.11. The number of carbonyl (C=O) groups excluding carboxylic acids is 1. The van der Waals surface area contributed by atoms with Crippen LogP contribution in [0.3, 0.4) is 0 Å². The van der Waals surface area contributed by atoms with Crippen LogP contribution >= 0.6 is 15.9 Å². The minimum Gasteiger partial charge on any atom is -0.294 e. The van der Waals surface area contributed by atoms with Gasteiger partial charge in [-0.25, -0.2) is 4.39 Å². The average molecular weight is 285 g/mol. The number of halogens is 2. The van der Waals surface area contributed by atoms with Crippen LogP contribution in [0, 0.1) is 11.7 Å². The lowest BCUT2D eigenvalue weighted by atomic mass is 9.97. The first kappa shape index (κ1) is 11.8. The second-order valence-corrected chi connectivity index (χ2v) is 5.23. The third-order valence-corrected chi connectivity index (χ3v) is 3.81. The maximum absolute atomic E-state index is 13.7. The molecule has 0 N–H and O–H groups in total. The molecule has 0 aliphatic heterocycles. The minimum absolute atomic E-state index is 0.0642. The van der Waals surface area contributed by atoms with Gasteiger partial charge in [0.15, 0.2) is 5.78 Å².